The molecule has 3 rings (SSSR count). The van der Waals surface area contributed by atoms with E-state index in [1.165, 1.54) is 7.11 Å². The summed E-state index contributed by atoms with van der Waals surface area (Å²) in [4.78, 5) is 25.7. The molecule has 0 heterocycles. The van der Waals surface area contributed by atoms with E-state index in [0.29, 0.717) is 6.42 Å². The van der Waals surface area contributed by atoms with Gasteiger partial charge in [0.05, 0.1) is 12.5 Å². The molecule has 0 aliphatic carbocycles. The first-order chi connectivity index (χ1) is 15.5. The summed E-state index contributed by atoms with van der Waals surface area (Å²) >= 11 is 0. The Morgan fingerprint density at radius 1 is 0.844 bits per heavy atom. The topological polar surface area (TPSA) is 55.4 Å². The lowest BCUT2D eigenvalue weighted by atomic mass is 9.67. The molecule has 0 unspecified atom stereocenters. The summed E-state index contributed by atoms with van der Waals surface area (Å²) in [7, 11) is 1.32. The van der Waals surface area contributed by atoms with Crippen LogP contribution in [0.25, 0.3) is 0 Å². The van der Waals surface area contributed by atoms with E-state index in [0.717, 1.165) is 22.3 Å². The molecular formula is C28H29NO3. The van der Waals surface area contributed by atoms with Crippen molar-refractivity contribution in [1.29, 1.82) is 0 Å². The Bertz CT molecular complexity index is 949. The number of methoxy groups -OCH3 is 1. The highest BCUT2D eigenvalue weighted by Gasteiger charge is 2.39. The van der Waals surface area contributed by atoms with Crippen molar-refractivity contribution in [1.82, 2.24) is 5.32 Å². The molecule has 0 spiro atoms. The van der Waals surface area contributed by atoms with Gasteiger partial charge in [0.15, 0.2) is 0 Å². The van der Waals surface area contributed by atoms with Crippen LogP contribution in [0.3, 0.4) is 0 Å². The lowest BCUT2D eigenvalue weighted by molar-refractivity contribution is -0.145. The van der Waals surface area contributed by atoms with Gasteiger partial charge in [0.2, 0.25) is 5.91 Å². The Kier molecular flexibility index (Phi) is 7.61. The van der Waals surface area contributed by atoms with Gasteiger partial charge in [0.1, 0.15) is 6.04 Å². The molecule has 0 bridgehead atoms. The Labute approximate surface area is 189 Å². The van der Waals surface area contributed by atoms with Crippen LogP contribution in [-0.4, -0.2) is 25.0 Å². The summed E-state index contributed by atoms with van der Waals surface area (Å²) in [5, 5.41) is 2.89. The summed E-state index contributed by atoms with van der Waals surface area (Å²) < 4.78 is 4.90. The summed E-state index contributed by atoms with van der Waals surface area (Å²) in [6.07, 6.45) is 0.460. The number of hydrogen-bond acceptors (Lipinski definition) is 3. The van der Waals surface area contributed by atoms with E-state index in [9.17, 15) is 9.59 Å². The maximum Gasteiger partial charge on any atom is 0.328 e. The second kappa shape index (κ2) is 10.6. The van der Waals surface area contributed by atoms with Crippen LogP contribution >= 0.6 is 0 Å². The van der Waals surface area contributed by atoms with Gasteiger partial charge in [-0.3, -0.25) is 4.79 Å². The average molecular weight is 428 g/mol. The van der Waals surface area contributed by atoms with Crippen LogP contribution in [0.2, 0.25) is 0 Å². The van der Waals surface area contributed by atoms with Crippen molar-refractivity contribution in [3.8, 4) is 0 Å². The van der Waals surface area contributed by atoms with Gasteiger partial charge in [-0.25, -0.2) is 4.79 Å². The van der Waals surface area contributed by atoms with Crippen molar-refractivity contribution in [2.24, 2.45) is 0 Å². The largest absolute Gasteiger partial charge is 0.467 e. The molecule has 4 heteroatoms. The minimum absolute atomic E-state index is 0.134. The van der Waals surface area contributed by atoms with Gasteiger partial charge in [0, 0.05) is 6.42 Å². The van der Waals surface area contributed by atoms with E-state index in [1.54, 1.807) is 0 Å². The summed E-state index contributed by atoms with van der Waals surface area (Å²) in [5.41, 5.74) is 3.07. The molecule has 1 atom stereocenters. The predicted molar refractivity (Wildman–Crippen MR) is 127 cm³/mol. The molecule has 0 fully saturated rings. The van der Waals surface area contributed by atoms with E-state index in [1.807, 2.05) is 97.9 Å². The van der Waals surface area contributed by atoms with Crippen LogP contribution < -0.4 is 5.32 Å². The number of rotatable bonds is 9. The third kappa shape index (κ3) is 5.14. The third-order valence-electron chi connectivity index (χ3n) is 5.60. The normalized spacial score (nSPS) is 11.9. The molecule has 0 saturated carbocycles. The minimum atomic E-state index is -0.773. The number of nitrogens with one attached hydrogen (secondary N) is 1. The highest BCUT2D eigenvalue weighted by atomic mass is 16.5. The van der Waals surface area contributed by atoms with Crippen LogP contribution in [0.15, 0.2) is 103 Å². The minimum Gasteiger partial charge on any atom is -0.467 e. The number of amides is 1. The fraction of sp³-hybridized carbons (Fsp3) is 0.214. The van der Waals surface area contributed by atoms with Crippen molar-refractivity contribution in [2.75, 3.05) is 7.11 Å². The molecule has 0 saturated heterocycles. The van der Waals surface area contributed by atoms with Gasteiger partial charge in [-0.2, -0.15) is 0 Å². The van der Waals surface area contributed by atoms with Crippen molar-refractivity contribution in [2.45, 2.75) is 31.2 Å². The van der Waals surface area contributed by atoms with Crippen LogP contribution in [0, 0.1) is 0 Å². The van der Waals surface area contributed by atoms with Gasteiger partial charge in [-0.1, -0.05) is 96.6 Å². The number of carbonyl (C=O) groups is 2. The molecule has 0 aliphatic heterocycles. The lowest BCUT2D eigenvalue weighted by Gasteiger charge is -2.36. The van der Waals surface area contributed by atoms with Gasteiger partial charge in [-0.15, -0.1) is 6.58 Å². The highest BCUT2D eigenvalue weighted by Crippen LogP contribution is 2.42. The molecule has 164 valence electrons. The monoisotopic (exact) mass is 427 g/mol. The van der Waals surface area contributed by atoms with E-state index in [4.69, 9.17) is 4.74 Å². The number of carbonyl (C=O) groups excluding carboxylic acids is 2. The standard InChI is InChI=1S/C28H29NO3/c1-21(2)19-25(27(31)32-3)29-26(30)20-28(22-13-7-4-8-14-22,23-15-9-5-10-16-23)24-17-11-6-12-18-24/h4-18,25H,1,19-20H2,2-3H3,(H,29,30)/t25-/m0/s1. The molecule has 0 aromatic heterocycles. The second-order valence-electron chi connectivity index (χ2n) is 7.98. The number of benzene rings is 3. The zero-order valence-corrected chi connectivity index (χ0v) is 18.6. The summed E-state index contributed by atoms with van der Waals surface area (Å²) in [6, 6.07) is 29.2. The molecule has 3 aromatic rings. The first kappa shape index (κ1) is 23.0. The Hall–Kier alpha value is -3.66. The van der Waals surface area contributed by atoms with Crippen molar-refractivity contribution in [3.05, 3.63) is 120 Å². The Balaban J connectivity index is 2.09. The van der Waals surface area contributed by atoms with Crippen molar-refractivity contribution in [3.63, 3.8) is 0 Å². The van der Waals surface area contributed by atoms with Crippen molar-refractivity contribution < 1.29 is 14.3 Å². The molecule has 32 heavy (non-hydrogen) atoms. The SMILES string of the molecule is C=C(C)C[C@H](NC(=O)CC(c1ccccc1)(c1ccccc1)c1ccccc1)C(=O)OC. The van der Waals surface area contributed by atoms with E-state index >= 15 is 0 Å². The van der Waals surface area contributed by atoms with Gasteiger partial charge >= 0.3 is 5.97 Å². The predicted octanol–water partition coefficient (Wildman–Crippen LogP) is 5.04. The fourth-order valence-corrected chi connectivity index (χ4v) is 4.14. The zero-order chi connectivity index (χ0) is 23.0. The van der Waals surface area contributed by atoms with Crippen LogP contribution in [0.5, 0.6) is 0 Å². The van der Waals surface area contributed by atoms with Crippen LogP contribution in [0.4, 0.5) is 0 Å². The average Bonchev–Trinajstić information content (AvgIpc) is 2.83. The zero-order valence-electron chi connectivity index (χ0n) is 18.6. The Morgan fingerprint density at radius 2 is 1.25 bits per heavy atom. The maximum atomic E-state index is 13.4. The third-order valence-corrected chi connectivity index (χ3v) is 5.60. The number of esters is 1. The van der Waals surface area contributed by atoms with Gasteiger partial charge < -0.3 is 10.1 Å². The molecule has 0 aliphatic rings. The van der Waals surface area contributed by atoms with Gasteiger partial charge in [0.25, 0.3) is 0 Å². The fourth-order valence-electron chi connectivity index (χ4n) is 4.14. The molecule has 4 nitrogen and oxygen atoms in total. The highest BCUT2D eigenvalue weighted by molar-refractivity contribution is 5.86. The smallest absolute Gasteiger partial charge is 0.328 e. The summed E-state index contributed by atoms with van der Waals surface area (Å²) in [6.45, 7) is 5.70. The first-order valence-electron chi connectivity index (χ1n) is 10.7. The van der Waals surface area contributed by atoms with Crippen molar-refractivity contribution >= 4 is 11.9 Å². The van der Waals surface area contributed by atoms with Gasteiger partial charge in [-0.05, 0) is 30.0 Å². The number of ether oxygens (including phenoxy) is 1. The number of hydrogen-bond donors (Lipinski definition) is 1. The van der Waals surface area contributed by atoms with Crippen LogP contribution in [-0.2, 0) is 19.7 Å². The lowest BCUT2D eigenvalue weighted by Crippen LogP contribution is -2.45. The molecule has 3 aromatic carbocycles. The molecule has 1 amide bonds. The Morgan fingerprint density at radius 3 is 1.59 bits per heavy atom. The maximum absolute atomic E-state index is 13.4. The molecular weight excluding hydrogens is 398 g/mol. The quantitative estimate of drug-likeness (QED) is 0.296. The van der Waals surface area contributed by atoms with E-state index in [2.05, 4.69) is 11.9 Å². The van der Waals surface area contributed by atoms with E-state index < -0.39 is 17.4 Å². The molecule has 1 N–H and O–H groups in total. The van der Waals surface area contributed by atoms with E-state index in [-0.39, 0.29) is 12.3 Å². The molecule has 0 radical (unpaired) electrons. The van der Waals surface area contributed by atoms with Crippen LogP contribution in [0.1, 0.15) is 36.5 Å². The summed E-state index contributed by atoms with van der Waals surface area (Å²) in [5.74, 6) is -0.718. The second-order valence-corrected chi connectivity index (χ2v) is 7.98. The first-order valence-corrected chi connectivity index (χ1v) is 10.7.